The zero-order valence-electron chi connectivity index (χ0n) is 17.3. The van der Waals surface area contributed by atoms with Gasteiger partial charge in [-0.1, -0.05) is 0 Å². The normalized spacial score (nSPS) is 21.7. The molecular weight excluding hydrogens is 444 g/mol. The number of carbonyl (C=O) groups excluding carboxylic acids is 1. The number of amides is 1. The van der Waals surface area contributed by atoms with Gasteiger partial charge in [-0.05, 0) is 13.3 Å². The van der Waals surface area contributed by atoms with Gasteiger partial charge in [0.25, 0.3) is 0 Å². The third-order valence-corrected chi connectivity index (χ3v) is 5.90. The molecule has 1 aliphatic rings. The number of aliphatic carboxylic acids is 1. The monoisotopic (exact) mass is 471 g/mol. The topological polar surface area (TPSA) is 151 Å². The molecule has 0 saturated carbocycles. The van der Waals surface area contributed by atoms with Crippen molar-refractivity contribution in [2.75, 3.05) is 25.7 Å². The Morgan fingerprint density at radius 2 is 2.16 bits per heavy atom. The molecule has 0 bridgehead atoms. The predicted octanol–water partition coefficient (Wildman–Crippen LogP) is 1.63. The highest BCUT2D eigenvalue weighted by Gasteiger charge is 2.38. The van der Waals surface area contributed by atoms with Crippen molar-refractivity contribution in [3.05, 3.63) is 18.1 Å². The van der Waals surface area contributed by atoms with E-state index in [0.29, 0.717) is 47.5 Å². The molecule has 0 aliphatic carbocycles. The summed E-state index contributed by atoms with van der Waals surface area (Å²) in [5.41, 5.74) is 7.43. The number of hydrogen-bond donors (Lipinski definition) is 3. The van der Waals surface area contributed by atoms with Crippen molar-refractivity contribution in [2.45, 2.75) is 44.2 Å². The Morgan fingerprint density at radius 3 is 2.87 bits per heavy atom. The summed E-state index contributed by atoms with van der Waals surface area (Å²) in [6, 6.07) is 0. The summed E-state index contributed by atoms with van der Waals surface area (Å²) in [7, 11) is 0.695. The summed E-state index contributed by atoms with van der Waals surface area (Å²) < 4.78 is 19.6. The third kappa shape index (κ3) is 5.87. The quantitative estimate of drug-likeness (QED) is 0.415. The van der Waals surface area contributed by atoms with Crippen LogP contribution in [0.2, 0.25) is 0 Å². The minimum absolute atomic E-state index is 0.0950. The molecule has 31 heavy (non-hydrogen) atoms. The molecule has 2 aromatic heterocycles. The molecule has 0 aromatic carbocycles. The Balaban J connectivity index is 1.82. The minimum Gasteiger partial charge on any atom is -0.481 e. The number of carboxylic acid groups (broad SMARTS) is 1. The molecule has 3 heterocycles. The number of aromatic nitrogens is 3. The van der Waals surface area contributed by atoms with E-state index in [1.54, 1.807) is 0 Å². The summed E-state index contributed by atoms with van der Waals surface area (Å²) in [6.45, 7) is 4.55. The second kappa shape index (κ2) is 11.1. The van der Waals surface area contributed by atoms with Crippen molar-refractivity contribution in [3.63, 3.8) is 0 Å². The highest BCUT2D eigenvalue weighted by atomic mass is 31.1. The van der Waals surface area contributed by atoms with Crippen LogP contribution < -0.4 is 11.1 Å². The number of ether oxygens (including phenoxy) is 1. The molecule has 3 unspecified atom stereocenters. The van der Waals surface area contributed by atoms with Crippen LogP contribution in [-0.4, -0.2) is 63.7 Å². The van der Waals surface area contributed by atoms with Gasteiger partial charge < -0.3 is 34.5 Å². The summed E-state index contributed by atoms with van der Waals surface area (Å²) in [5.74, 6) is -1.08. The number of rotatable bonds is 11. The number of nitrogen functional groups attached to an aromatic ring is 1. The van der Waals surface area contributed by atoms with E-state index in [1.807, 2.05) is 24.1 Å². The average Bonchev–Trinajstić information content (AvgIpc) is 3.31. The van der Waals surface area contributed by atoms with E-state index in [4.69, 9.17) is 24.6 Å². The van der Waals surface area contributed by atoms with Gasteiger partial charge in [0.1, 0.15) is 30.1 Å². The van der Waals surface area contributed by atoms with Crippen LogP contribution in [0.25, 0.3) is 11.0 Å². The Kier molecular flexibility index (Phi) is 8.51. The van der Waals surface area contributed by atoms with E-state index >= 15 is 0 Å². The molecule has 1 saturated heterocycles. The van der Waals surface area contributed by atoms with Crippen LogP contribution in [0.15, 0.2) is 12.5 Å². The van der Waals surface area contributed by atoms with Crippen LogP contribution in [0.1, 0.15) is 31.1 Å². The van der Waals surface area contributed by atoms with Gasteiger partial charge in [-0.15, -0.1) is 0 Å². The molecule has 1 amide bonds. The zero-order chi connectivity index (χ0) is 22.4. The fourth-order valence-corrected chi connectivity index (χ4v) is 4.39. The van der Waals surface area contributed by atoms with Gasteiger partial charge in [-0.2, -0.15) is 0 Å². The maximum atomic E-state index is 12.0. The molecule has 0 spiro atoms. The first-order valence-corrected chi connectivity index (χ1v) is 12.6. The second-order valence-electron chi connectivity index (χ2n) is 6.93. The minimum atomic E-state index is -1.02. The van der Waals surface area contributed by atoms with Crippen molar-refractivity contribution in [1.29, 1.82) is 0 Å². The third-order valence-electron chi connectivity index (χ3n) is 4.91. The van der Waals surface area contributed by atoms with E-state index in [-0.39, 0.29) is 43.7 Å². The number of carboxylic acids is 1. The van der Waals surface area contributed by atoms with Crippen molar-refractivity contribution >= 4 is 46.3 Å². The summed E-state index contributed by atoms with van der Waals surface area (Å²) in [4.78, 5) is 31.1. The van der Waals surface area contributed by atoms with Gasteiger partial charge in [0.2, 0.25) is 5.91 Å². The number of nitrogens with zero attached hydrogens (tertiary/aromatic N) is 3. The standard InChI is InChI=1S/C18H27N5O6P2/c1-30-27-8-12-11(29-31-2)5-14(28-12)23-7-10(6-20-13(24)3-4-15(25)26)16-17(19)21-9-22-18(16)23/h7,9,11-12,14,30-31H,3-6,8H2,1-2H3,(H,20,24)(H,25,26)(H2,19,21,22)/t11?,12-,14-/m1/s1. The lowest BCUT2D eigenvalue weighted by Gasteiger charge is -2.17. The van der Waals surface area contributed by atoms with Crippen molar-refractivity contribution in [2.24, 2.45) is 0 Å². The molecule has 2 aromatic rings. The lowest BCUT2D eigenvalue weighted by Crippen LogP contribution is -2.26. The van der Waals surface area contributed by atoms with Crippen molar-refractivity contribution in [3.8, 4) is 0 Å². The smallest absolute Gasteiger partial charge is 0.303 e. The largest absolute Gasteiger partial charge is 0.481 e. The Labute approximate surface area is 183 Å². The fraction of sp³-hybridized carbons (Fsp3) is 0.556. The molecule has 5 atom stereocenters. The van der Waals surface area contributed by atoms with E-state index in [0.717, 1.165) is 5.56 Å². The van der Waals surface area contributed by atoms with Crippen molar-refractivity contribution < 1.29 is 28.5 Å². The summed E-state index contributed by atoms with van der Waals surface area (Å²) in [6.07, 6.45) is 2.91. The number of hydrogen-bond acceptors (Lipinski definition) is 8. The highest BCUT2D eigenvalue weighted by Crippen LogP contribution is 2.37. The summed E-state index contributed by atoms with van der Waals surface area (Å²) >= 11 is 0. The van der Waals surface area contributed by atoms with Crippen LogP contribution in [-0.2, 0) is 29.9 Å². The van der Waals surface area contributed by atoms with E-state index in [1.165, 1.54) is 6.33 Å². The lowest BCUT2D eigenvalue weighted by atomic mass is 10.2. The van der Waals surface area contributed by atoms with Crippen LogP contribution in [0.3, 0.4) is 0 Å². The summed E-state index contributed by atoms with van der Waals surface area (Å²) in [5, 5.41) is 12.1. The number of anilines is 1. The maximum absolute atomic E-state index is 12.0. The van der Waals surface area contributed by atoms with Crippen LogP contribution in [0, 0.1) is 0 Å². The second-order valence-corrected chi connectivity index (χ2v) is 8.27. The van der Waals surface area contributed by atoms with Crippen molar-refractivity contribution in [1.82, 2.24) is 19.9 Å². The lowest BCUT2D eigenvalue weighted by molar-refractivity contribution is -0.138. The van der Waals surface area contributed by atoms with E-state index in [2.05, 4.69) is 15.3 Å². The number of nitrogens with one attached hydrogen (secondary N) is 1. The maximum Gasteiger partial charge on any atom is 0.303 e. The van der Waals surface area contributed by atoms with Crippen LogP contribution >= 0.6 is 17.6 Å². The molecule has 13 heteroatoms. The van der Waals surface area contributed by atoms with Crippen LogP contribution in [0.5, 0.6) is 0 Å². The van der Waals surface area contributed by atoms with E-state index < -0.39 is 5.97 Å². The van der Waals surface area contributed by atoms with E-state index in [9.17, 15) is 9.59 Å². The molecule has 170 valence electrons. The van der Waals surface area contributed by atoms with Gasteiger partial charge in [-0.3, -0.25) is 9.59 Å². The van der Waals surface area contributed by atoms with Gasteiger partial charge in [-0.25, -0.2) is 9.97 Å². The highest BCUT2D eigenvalue weighted by molar-refractivity contribution is 7.31. The molecule has 4 N–H and O–H groups in total. The zero-order valence-corrected chi connectivity index (χ0v) is 19.3. The number of fused-ring (bicyclic) bond motifs is 1. The molecular formula is C18H27N5O6P2. The Morgan fingerprint density at radius 1 is 1.35 bits per heavy atom. The van der Waals surface area contributed by atoms with Gasteiger partial charge in [0.05, 0.1) is 24.5 Å². The predicted molar refractivity (Wildman–Crippen MR) is 118 cm³/mol. The number of nitrogens with two attached hydrogens (primary N) is 1. The fourth-order valence-electron chi connectivity index (χ4n) is 3.51. The molecule has 0 radical (unpaired) electrons. The first-order valence-electron chi connectivity index (χ1n) is 9.79. The number of carbonyl (C=O) groups is 2. The molecule has 11 nitrogen and oxygen atoms in total. The van der Waals surface area contributed by atoms with Gasteiger partial charge in [0, 0.05) is 48.8 Å². The SMILES string of the molecule is CPOC[C@H]1O[C@@H](n2cc(CNC(=O)CCC(=O)O)c3c(N)ncnc32)CC1OPC. The Hall–Kier alpha value is -1.90. The van der Waals surface area contributed by atoms with Crippen LogP contribution in [0.4, 0.5) is 5.82 Å². The van der Waals surface area contributed by atoms with Gasteiger partial charge >= 0.3 is 5.97 Å². The average molecular weight is 471 g/mol. The van der Waals surface area contributed by atoms with Gasteiger partial charge in [0.15, 0.2) is 0 Å². The molecule has 3 rings (SSSR count). The first-order chi connectivity index (χ1) is 14.9. The Bertz CT molecular complexity index is 926. The molecule has 1 aliphatic heterocycles. The molecule has 1 fully saturated rings. The first kappa shape index (κ1) is 23.8.